The largest absolute Gasteiger partial charge is 0.313 e. The molecule has 1 N–H and O–H groups in total. The smallest absolute Gasteiger partial charge is 0.0462 e. The van der Waals surface area contributed by atoms with E-state index in [2.05, 4.69) is 50.4 Å². The second-order valence-electron chi connectivity index (χ2n) is 4.84. The van der Waals surface area contributed by atoms with Crippen molar-refractivity contribution in [2.45, 2.75) is 37.1 Å². The summed E-state index contributed by atoms with van der Waals surface area (Å²) in [6.45, 7) is 8.14. The van der Waals surface area contributed by atoms with Crippen molar-refractivity contribution in [3.63, 3.8) is 0 Å². The van der Waals surface area contributed by atoms with Gasteiger partial charge in [0.05, 0.1) is 0 Å². The molecule has 2 rings (SSSR count). The number of halogens is 1. The SMILES string of the molecule is CCNCc1c(Cl)cccc1Sc1ccc(C)c(C)c1. The lowest BCUT2D eigenvalue weighted by atomic mass is 10.1. The van der Waals surface area contributed by atoms with Crippen LogP contribution in [0.3, 0.4) is 0 Å². The molecule has 1 nitrogen and oxygen atoms in total. The number of nitrogens with one attached hydrogen (secondary N) is 1. The van der Waals surface area contributed by atoms with Gasteiger partial charge in [-0.25, -0.2) is 0 Å². The second kappa shape index (κ2) is 7.16. The van der Waals surface area contributed by atoms with Gasteiger partial charge in [0, 0.05) is 21.4 Å². The van der Waals surface area contributed by atoms with Crippen molar-refractivity contribution in [3.8, 4) is 0 Å². The van der Waals surface area contributed by atoms with Gasteiger partial charge >= 0.3 is 0 Å². The Balaban J connectivity index is 2.28. The highest BCUT2D eigenvalue weighted by Gasteiger charge is 2.08. The third kappa shape index (κ3) is 3.78. The molecular weight excluding hydrogens is 286 g/mol. The van der Waals surface area contributed by atoms with E-state index in [1.165, 1.54) is 26.5 Å². The predicted molar refractivity (Wildman–Crippen MR) is 88.9 cm³/mol. The molecule has 0 saturated heterocycles. The summed E-state index contributed by atoms with van der Waals surface area (Å²) in [6, 6.07) is 12.7. The van der Waals surface area contributed by atoms with E-state index in [0.717, 1.165) is 18.1 Å². The molecule has 0 heterocycles. The van der Waals surface area contributed by atoms with Crippen LogP contribution in [0.5, 0.6) is 0 Å². The number of rotatable bonds is 5. The fourth-order valence-electron chi connectivity index (χ4n) is 1.96. The van der Waals surface area contributed by atoms with E-state index >= 15 is 0 Å². The van der Waals surface area contributed by atoms with Crippen LogP contribution >= 0.6 is 23.4 Å². The van der Waals surface area contributed by atoms with Crippen LogP contribution in [0.2, 0.25) is 5.02 Å². The molecule has 0 radical (unpaired) electrons. The minimum absolute atomic E-state index is 0.809. The molecule has 0 spiro atoms. The quantitative estimate of drug-likeness (QED) is 0.813. The lowest BCUT2D eigenvalue weighted by Gasteiger charge is -2.12. The summed E-state index contributed by atoms with van der Waals surface area (Å²) in [4.78, 5) is 2.48. The van der Waals surface area contributed by atoms with Crippen LogP contribution in [0.4, 0.5) is 0 Å². The van der Waals surface area contributed by atoms with Crippen molar-refractivity contribution >= 4 is 23.4 Å². The van der Waals surface area contributed by atoms with Crippen molar-refractivity contribution in [2.75, 3.05) is 6.54 Å². The Morgan fingerprint density at radius 3 is 2.60 bits per heavy atom. The standard InChI is InChI=1S/C17H20ClNS/c1-4-19-11-15-16(18)6-5-7-17(15)20-14-9-8-12(2)13(3)10-14/h5-10,19H,4,11H2,1-3H3. The predicted octanol–water partition coefficient (Wildman–Crippen LogP) is 5.22. The molecule has 106 valence electrons. The molecule has 0 aliphatic carbocycles. The summed E-state index contributed by atoms with van der Waals surface area (Å²) in [6.07, 6.45) is 0. The van der Waals surface area contributed by atoms with Crippen LogP contribution in [0.25, 0.3) is 0 Å². The molecule has 0 amide bonds. The Morgan fingerprint density at radius 2 is 1.90 bits per heavy atom. The highest BCUT2D eigenvalue weighted by Crippen LogP contribution is 2.34. The zero-order valence-corrected chi connectivity index (χ0v) is 13.7. The van der Waals surface area contributed by atoms with Crippen LogP contribution in [0, 0.1) is 13.8 Å². The lowest BCUT2D eigenvalue weighted by Crippen LogP contribution is -2.12. The Kier molecular flexibility index (Phi) is 5.53. The Morgan fingerprint density at radius 1 is 1.10 bits per heavy atom. The van der Waals surface area contributed by atoms with Crippen LogP contribution in [0.15, 0.2) is 46.2 Å². The van der Waals surface area contributed by atoms with Crippen LogP contribution in [-0.4, -0.2) is 6.54 Å². The molecule has 0 aliphatic rings. The molecule has 0 atom stereocenters. The van der Waals surface area contributed by atoms with Gasteiger partial charge in [0.15, 0.2) is 0 Å². The normalized spacial score (nSPS) is 10.8. The summed E-state index contributed by atoms with van der Waals surface area (Å²) in [7, 11) is 0. The van der Waals surface area contributed by atoms with Crippen LogP contribution in [-0.2, 0) is 6.54 Å². The summed E-state index contributed by atoms with van der Waals surface area (Å²) >= 11 is 8.11. The van der Waals surface area contributed by atoms with Gasteiger partial charge in [-0.3, -0.25) is 0 Å². The van der Waals surface area contributed by atoms with Gasteiger partial charge in [-0.1, -0.05) is 42.4 Å². The van der Waals surface area contributed by atoms with E-state index < -0.39 is 0 Å². The van der Waals surface area contributed by atoms with Gasteiger partial charge in [0.25, 0.3) is 0 Å². The van der Waals surface area contributed by atoms with E-state index in [1.54, 1.807) is 11.8 Å². The van der Waals surface area contributed by atoms with Crippen molar-refractivity contribution in [1.82, 2.24) is 5.32 Å². The van der Waals surface area contributed by atoms with E-state index in [-0.39, 0.29) is 0 Å². The van der Waals surface area contributed by atoms with Gasteiger partial charge in [0.2, 0.25) is 0 Å². The van der Waals surface area contributed by atoms with Gasteiger partial charge in [-0.2, -0.15) is 0 Å². The number of hydrogen-bond acceptors (Lipinski definition) is 2. The minimum atomic E-state index is 0.809. The molecule has 20 heavy (non-hydrogen) atoms. The van der Waals surface area contributed by atoms with E-state index in [1.807, 2.05) is 12.1 Å². The third-order valence-corrected chi connectivity index (χ3v) is 4.78. The van der Waals surface area contributed by atoms with Gasteiger partial charge in [-0.15, -0.1) is 0 Å². The van der Waals surface area contributed by atoms with Gasteiger partial charge in [0.1, 0.15) is 0 Å². The van der Waals surface area contributed by atoms with Crippen molar-refractivity contribution in [2.24, 2.45) is 0 Å². The molecule has 2 aromatic rings. The molecule has 3 heteroatoms. The maximum absolute atomic E-state index is 6.33. The Bertz CT molecular complexity index is 596. The fourth-order valence-corrected chi connectivity index (χ4v) is 3.34. The van der Waals surface area contributed by atoms with Crippen molar-refractivity contribution in [1.29, 1.82) is 0 Å². The summed E-state index contributed by atoms with van der Waals surface area (Å²) in [5.74, 6) is 0. The van der Waals surface area contributed by atoms with Crippen LogP contribution in [0.1, 0.15) is 23.6 Å². The van der Waals surface area contributed by atoms with Crippen LogP contribution < -0.4 is 5.32 Å². The average molecular weight is 306 g/mol. The Labute approximate surface area is 130 Å². The first-order valence-electron chi connectivity index (χ1n) is 6.85. The summed E-state index contributed by atoms with van der Waals surface area (Å²) < 4.78 is 0. The van der Waals surface area contributed by atoms with E-state index in [9.17, 15) is 0 Å². The molecule has 0 fully saturated rings. The minimum Gasteiger partial charge on any atom is -0.313 e. The number of aryl methyl sites for hydroxylation is 2. The molecular formula is C17H20ClNS. The van der Waals surface area contributed by atoms with Crippen molar-refractivity contribution in [3.05, 3.63) is 58.1 Å². The molecule has 0 unspecified atom stereocenters. The fraction of sp³-hybridized carbons (Fsp3) is 0.294. The van der Waals surface area contributed by atoms with Gasteiger partial charge in [-0.05, 0) is 61.3 Å². The first-order chi connectivity index (χ1) is 9.61. The van der Waals surface area contributed by atoms with E-state index in [4.69, 9.17) is 11.6 Å². The highest BCUT2D eigenvalue weighted by atomic mass is 35.5. The highest BCUT2D eigenvalue weighted by molar-refractivity contribution is 7.99. The number of hydrogen-bond donors (Lipinski definition) is 1. The molecule has 0 aliphatic heterocycles. The summed E-state index contributed by atoms with van der Waals surface area (Å²) in [5, 5.41) is 4.19. The zero-order valence-electron chi connectivity index (χ0n) is 12.2. The Hall–Kier alpha value is -0.960. The first-order valence-corrected chi connectivity index (χ1v) is 8.04. The van der Waals surface area contributed by atoms with E-state index in [0.29, 0.717) is 0 Å². The zero-order chi connectivity index (χ0) is 14.5. The lowest BCUT2D eigenvalue weighted by molar-refractivity contribution is 0.718. The molecule has 0 bridgehead atoms. The average Bonchev–Trinajstić information content (AvgIpc) is 2.42. The maximum Gasteiger partial charge on any atom is 0.0462 e. The first kappa shape index (κ1) is 15.4. The topological polar surface area (TPSA) is 12.0 Å². The maximum atomic E-state index is 6.33. The molecule has 0 aromatic heterocycles. The second-order valence-corrected chi connectivity index (χ2v) is 6.37. The summed E-state index contributed by atoms with van der Waals surface area (Å²) in [5.41, 5.74) is 3.83. The monoisotopic (exact) mass is 305 g/mol. The molecule has 0 saturated carbocycles. The van der Waals surface area contributed by atoms with Gasteiger partial charge < -0.3 is 5.32 Å². The number of benzene rings is 2. The van der Waals surface area contributed by atoms with Crippen molar-refractivity contribution < 1.29 is 0 Å². The molecule has 2 aromatic carbocycles. The third-order valence-electron chi connectivity index (χ3n) is 3.33.